The average molecular weight is 319 g/mol. The third-order valence-corrected chi connectivity index (χ3v) is 4.20. The second-order valence-corrected chi connectivity index (χ2v) is 7.34. The Morgan fingerprint density at radius 1 is 1.27 bits per heavy atom. The fraction of sp³-hybridized carbons (Fsp3) is 0.467. The van der Waals surface area contributed by atoms with Gasteiger partial charge in [-0.1, -0.05) is 30.0 Å². The first kappa shape index (κ1) is 16.5. The summed E-state index contributed by atoms with van der Waals surface area (Å²) in [4.78, 5) is 14.2. The first-order chi connectivity index (χ1) is 10.3. The molecule has 2 aromatic rings. The van der Waals surface area contributed by atoms with Gasteiger partial charge in [-0.05, 0) is 50.3 Å². The normalized spacial score (nSPS) is 13.0. The van der Waals surface area contributed by atoms with E-state index >= 15 is 0 Å². The van der Waals surface area contributed by atoms with Crippen LogP contribution in [0.15, 0.2) is 35.5 Å². The van der Waals surface area contributed by atoms with Gasteiger partial charge in [0.25, 0.3) is 0 Å². The molecule has 1 atom stereocenters. The predicted molar refractivity (Wildman–Crippen MR) is 88.0 cm³/mol. The van der Waals surface area contributed by atoms with Gasteiger partial charge in [0.2, 0.25) is 11.1 Å². The van der Waals surface area contributed by atoms with E-state index in [4.69, 9.17) is 0 Å². The molecule has 7 heteroatoms. The number of carbonyl (C=O) groups is 1. The molecule has 22 heavy (non-hydrogen) atoms. The van der Waals surface area contributed by atoms with Crippen molar-refractivity contribution in [1.82, 2.24) is 20.2 Å². The zero-order chi connectivity index (χ0) is 16.3. The van der Waals surface area contributed by atoms with Gasteiger partial charge in [0.15, 0.2) is 0 Å². The number of hydrogen-bond acceptors (Lipinski definition) is 5. The van der Waals surface area contributed by atoms with Crippen LogP contribution in [0.4, 0.5) is 5.69 Å². The van der Waals surface area contributed by atoms with Crippen LogP contribution in [0, 0.1) is 0 Å². The topological polar surface area (TPSA) is 63.9 Å². The van der Waals surface area contributed by atoms with E-state index in [2.05, 4.69) is 15.5 Å². The van der Waals surface area contributed by atoms with E-state index in [1.807, 2.05) is 58.0 Å². The summed E-state index contributed by atoms with van der Waals surface area (Å²) in [5, 5.41) is 12.1. The number of carbonyl (C=O) groups excluding carboxylic acids is 1. The zero-order valence-corrected chi connectivity index (χ0v) is 14.3. The van der Waals surface area contributed by atoms with Gasteiger partial charge in [0, 0.05) is 12.7 Å². The lowest BCUT2D eigenvalue weighted by atomic mass is 10.1. The maximum atomic E-state index is 12.6. The molecule has 1 aromatic carbocycles. The van der Waals surface area contributed by atoms with Crippen LogP contribution in [0.3, 0.4) is 0 Å². The summed E-state index contributed by atoms with van der Waals surface area (Å²) >= 11 is 1.37. The van der Waals surface area contributed by atoms with Crippen LogP contribution < -0.4 is 4.90 Å². The first-order valence-electron chi connectivity index (χ1n) is 7.09. The summed E-state index contributed by atoms with van der Waals surface area (Å²) in [5.41, 5.74) is 0.648. The van der Waals surface area contributed by atoms with Crippen LogP contribution in [0.2, 0.25) is 0 Å². The van der Waals surface area contributed by atoms with Crippen LogP contribution in [0.1, 0.15) is 27.7 Å². The number of tetrazole rings is 1. The van der Waals surface area contributed by atoms with E-state index in [9.17, 15) is 4.79 Å². The smallest absolute Gasteiger partial charge is 0.240 e. The number of aromatic nitrogens is 4. The lowest BCUT2D eigenvalue weighted by Gasteiger charge is -2.23. The van der Waals surface area contributed by atoms with Gasteiger partial charge in [0.1, 0.15) is 0 Å². The largest absolute Gasteiger partial charge is 0.315 e. The molecule has 1 aromatic heterocycles. The molecule has 0 aliphatic heterocycles. The molecule has 0 fully saturated rings. The van der Waals surface area contributed by atoms with Gasteiger partial charge in [-0.2, -0.15) is 0 Å². The summed E-state index contributed by atoms with van der Waals surface area (Å²) in [6.45, 7) is 7.94. The molecule has 118 valence electrons. The van der Waals surface area contributed by atoms with Crippen LogP contribution in [0.25, 0.3) is 0 Å². The van der Waals surface area contributed by atoms with Gasteiger partial charge in [-0.3, -0.25) is 4.79 Å². The molecule has 0 N–H and O–H groups in total. The van der Waals surface area contributed by atoms with Crippen molar-refractivity contribution in [3.8, 4) is 0 Å². The second-order valence-electron chi connectivity index (χ2n) is 6.04. The molecule has 1 heterocycles. The number of benzene rings is 1. The maximum Gasteiger partial charge on any atom is 0.240 e. The van der Waals surface area contributed by atoms with Crippen LogP contribution >= 0.6 is 11.8 Å². The molecule has 0 saturated carbocycles. The van der Waals surface area contributed by atoms with Crippen molar-refractivity contribution >= 4 is 23.4 Å². The van der Waals surface area contributed by atoms with Gasteiger partial charge in [0.05, 0.1) is 10.8 Å². The van der Waals surface area contributed by atoms with E-state index in [0.29, 0.717) is 5.16 Å². The predicted octanol–water partition coefficient (Wildman–Crippen LogP) is 2.57. The molecule has 0 bridgehead atoms. The minimum atomic E-state index is -0.280. The molecule has 6 nitrogen and oxygen atoms in total. The number of nitrogens with zero attached hydrogens (tertiary/aromatic N) is 5. The Hall–Kier alpha value is -1.89. The highest BCUT2D eigenvalue weighted by Gasteiger charge is 2.25. The highest BCUT2D eigenvalue weighted by molar-refractivity contribution is 8.00. The number of hydrogen-bond donors (Lipinski definition) is 0. The Morgan fingerprint density at radius 3 is 2.50 bits per heavy atom. The molecular weight excluding hydrogens is 298 g/mol. The SMILES string of the molecule is C[C@@H](Sc1nnnn1C(C)(C)C)C(=O)N(C)c1ccccc1. The summed E-state index contributed by atoms with van der Waals surface area (Å²) in [7, 11) is 1.78. The molecule has 0 radical (unpaired) electrons. The second kappa shape index (κ2) is 6.48. The molecule has 1 amide bonds. The number of anilines is 1. The number of para-hydroxylation sites is 1. The minimum absolute atomic E-state index is 0.0136. The van der Waals surface area contributed by atoms with Crippen LogP contribution in [-0.2, 0) is 10.3 Å². The third-order valence-electron chi connectivity index (χ3n) is 3.18. The minimum Gasteiger partial charge on any atom is -0.315 e. The lowest BCUT2D eigenvalue weighted by Crippen LogP contribution is -2.33. The quantitative estimate of drug-likeness (QED) is 0.811. The third kappa shape index (κ3) is 3.65. The van der Waals surface area contributed by atoms with E-state index in [-0.39, 0.29) is 16.7 Å². The molecule has 0 spiro atoms. The molecule has 0 aliphatic carbocycles. The monoisotopic (exact) mass is 319 g/mol. The Bertz CT molecular complexity index is 635. The summed E-state index contributed by atoms with van der Waals surface area (Å²) in [6.07, 6.45) is 0. The molecular formula is C15H21N5OS. The van der Waals surface area contributed by atoms with Crippen LogP contribution in [-0.4, -0.2) is 38.4 Å². The Morgan fingerprint density at radius 2 is 1.91 bits per heavy atom. The van der Waals surface area contributed by atoms with E-state index in [1.165, 1.54) is 11.8 Å². The first-order valence-corrected chi connectivity index (χ1v) is 7.97. The van der Waals surface area contributed by atoms with Crippen LogP contribution in [0.5, 0.6) is 0 Å². The molecule has 0 aliphatic rings. The molecule has 0 saturated heterocycles. The van der Waals surface area contributed by atoms with Crippen molar-refractivity contribution < 1.29 is 4.79 Å². The van der Waals surface area contributed by atoms with Gasteiger partial charge in [-0.15, -0.1) is 5.10 Å². The zero-order valence-electron chi connectivity index (χ0n) is 13.5. The van der Waals surface area contributed by atoms with E-state index in [0.717, 1.165) is 5.69 Å². The highest BCUT2D eigenvalue weighted by atomic mass is 32.2. The fourth-order valence-electron chi connectivity index (χ4n) is 1.93. The maximum absolute atomic E-state index is 12.6. The Kier molecular flexibility index (Phi) is 4.85. The van der Waals surface area contributed by atoms with E-state index in [1.54, 1.807) is 16.6 Å². The average Bonchev–Trinajstić information content (AvgIpc) is 2.95. The molecule has 2 rings (SSSR count). The van der Waals surface area contributed by atoms with Crippen molar-refractivity contribution in [2.45, 2.75) is 43.6 Å². The molecule has 0 unspecified atom stereocenters. The van der Waals surface area contributed by atoms with Crippen molar-refractivity contribution in [3.63, 3.8) is 0 Å². The van der Waals surface area contributed by atoms with Gasteiger partial charge in [-0.25, -0.2) is 4.68 Å². The van der Waals surface area contributed by atoms with Crippen molar-refractivity contribution in [2.24, 2.45) is 0 Å². The Labute approximate surface area is 134 Å². The van der Waals surface area contributed by atoms with Crippen molar-refractivity contribution in [2.75, 3.05) is 11.9 Å². The standard InChI is InChI=1S/C15H21N5OS/c1-11(13(21)19(5)12-9-7-6-8-10-12)22-14-16-17-18-20(14)15(2,3)4/h6-11H,1-5H3/t11-/m1/s1. The number of rotatable bonds is 4. The Balaban J connectivity index is 2.11. The summed E-state index contributed by atoms with van der Waals surface area (Å²) in [6, 6.07) is 9.58. The number of amides is 1. The number of thioether (sulfide) groups is 1. The summed E-state index contributed by atoms with van der Waals surface area (Å²) < 4.78 is 1.74. The van der Waals surface area contributed by atoms with Crippen molar-refractivity contribution in [1.29, 1.82) is 0 Å². The highest BCUT2D eigenvalue weighted by Crippen LogP contribution is 2.26. The van der Waals surface area contributed by atoms with Gasteiger partial charge < -0.3 is 4.90 Å². The fourth-order valence-corrected chi connectivity index (χ4v) is 3.00. The van der Waals surface area contributed by atoms with E-state index < -0.39 is 0 Å². The summed E-state index contributed by atoms with van der Waals surface area (Å²) in [5.74, 6) is 0.0136. The van der Waals surface area contributed by atoms with Gasteiger partial charge >= 0.3 is 0 Å². The lowest BCUT2D eigenvalue weighted by molar-refractivity contribution is -0.117. The van der Waals surface area contributed by atoms with Crippen molar-refractivity contribution in [3.05, 3.63) is 30.3 Å².